The maximum absolute atomic E-state index is 6.23. The predicted octanol–water partition coefficient (Wildman–Crippen LogP) is 4.19. The van der Waals surface area contributed by atoms with Gasteiger partial charge < -0.3 is 10.2 Å². The average molecular weight is 223 g/mol. The van der Waals surface area contributed by atoms with E-state index in [-0.39, 0.29) is 6.04 Å². The van der Waals surface area contributed by atoms with E-state index in [1.165, 1.54) is 31.2 Å². The molecule has 0 spiro atoms. The molecule has 2 unspecified atom stereocenters. The van der Waals surface area contributed by atoms with Gasteiger partial charge in [0.15, 0.2) is 0 Å². The van der Waals surface area contributed by atoms with Crippen molar-refractivity contribution in [3.8, 4) is 0 Å². The van der Waals surface area contributed by atoms with Crippen molar-refractivity contribution in [2.24, 2.45) is 11.7 Å². The van der Waals surface area contributed by atoms with Crippen LogP contribution in [0.1, 0.15) is 63.3 Å². The third kappa shape index (κ3) is 3.67. The molecule has 92 valence electrons. The summed E-state index contributed by atoms with van der Waals surface area (Å²) in [7, 11) is 0. The lowest BCUT2D eigenvalue weighted by molar-refractivity contribution is 0.385. The van der Waals surface area contributed by atoms with Gasteiger partial charge in [-0.05, 0) is 25.3 Å². The Morgan fingerprint density at radius 2 is 2.12 bits per heavy atom. The van der Waals surface area contributed by atoms with Gasteiger partial charge in [-0.2, -0.15) is 0 Å². The minimum Gasteiger partial charge on any atom is -0.469 e. The van der Waals surface area contributed by atoms with Crippen molar-refractivity contribution in [2.45, 2.75) is 58.9 Å². The summed E-state index contributed by atoms with van der Waals surface area (Å²) in [5.41, 5.74) is 7.40. The first-order valence-electron chi connectivity index (χ1n) is 6.48. The number of furan rings is 1. The van der Waals surface area contributed by atoms with Gasteiger partial charge in [-0.3, -0.25) is 0 Å². The molecule has 0 aromatic carbocycles. The molecule has 1 aromatic heterocycles. The van der Waals surface area contributed by atoms with Gasteiger partial charge in [-0.25, -0.2) is 0 Å². The molecule has 0 aliphatic heterocycles. The summed E-state index contributed by atoms with van der Waals surface area (Å²) in [5.74, 6) is 1.72. The molecule has 0 radical (unpaired) electrons. The van der Waals surface area contributed by atoms with E-state index in [1.54, 1.807) is 6.26 Å². The molecule has 2 atom stereocenters. The SMILES string of the molecule is CCCCC(CC)CC(N)c1ccoc1C. The summed E-state index contributed by atoms with van der Waals surface area (Å²) in [6.07, 6.45) is 7.93. The minimum atomic E-state index is 0.139. The molecule has 1 heterocycles. The van der Waals surface area contributed by atoms with Crippen LogP contribution in [0.4, 0.5) is 0 Å². The highest BCUT2D eigenvalue weighted by atomic mass is 16.3. The van der Waals surface area contributed by atoms with E-state index in [0.29, 0.717) is 0 Å². The maximum atomic E-state index is 6.23. The van der Waals surface area contributed by atoms with Crippen LogP contribution >= 0.6 is 0 Å². The molecule has 0 bridgehead atoms. The van der Waals surface area contributed by atoms with Crippen LogP contribution in [-0.4, -0.2) is 0 Å². The molecule has 1 rings (SSSR count). The van der Waals surface area contributed by atoms with Crippen molar-refractivity contribution in [3.05, 3.63) is 23.7 Å². The first kappa shape index (κ1) is 13.3. The number of hydrogen-bond acceptors (Lipinski definition) is 2. The second-order valence-corrected chi connectivity index (χ2v) is 4.69. The van der Waals surface area contributed by atoms with Gasteiger partial charge in [0.1, 0.15) is 5.76 Å². The summed E-state index contributed by atoms with van der Waals surface area (Å²) in [6.45, 7) is 6.49. The summed E-state index contributed by atoms with van der Waals surface area (Å²) in [4.78, 5) is 0. The maximum Gasteiger partial charge on any atom is 0.105 e. The predicted molar refractivity (Wildman–Crippen MR) is 68.3 cm³/mol. The zero-order chi connectivity index (χ0) is 12.0. The van der Waals surface area contributed by atoms with Gasteiger partial charge in [-0.15, -0.1) is 0 Å². The molecule has 16 heavy (non-hydrogen) atoms. The molecule has 0 fully saturated rings. The van der Waals surface area contributed by atoms with Crippen molar-refractivity contribution in [1.82, 2.24) is 0 Å². The van der Waals surface area contributed by atoms with Crippen LogP contribution in [0.3, 0.4) is 0 Å². The van der Waals surface area contributed by atoms with Crippen LogP contribution in [0.15, 0.2) is 16.7 Å². The quantitative estimate of drug-likeness (QED) is 0.752. The van der Waals surface area contributed by atoms with Crippen LogP contribution in [-0.2, 0) is 0 Å². The molecule has 0 saturated carbocycles. The van der Waals surface area contributed by atoms with E-state index in [4.69, 9.17) is 10.2 Å². The van der Waals surface area contributed by atoms with Crippen molar-refractivity contribution in [3.63, 3.8) is 0 Å². The lowest BCUT2D eigenvalue weighted by Gasteiger charge is -2.19. The Hall–Kier alpha value is -0.760. The molecule has 2 N–H and O–H groups in total. The fraction of sp³-hybridized carbons (Fsp3) is 0.714. The van der Waals surface area contributed by atoms with Gasteiger partial charge in [0.25, 0.3) is 0 Å². The summed E-state index contributed by atoms with van der Waals surface area (Å²) in [5, 5.41) is 0. The van der Waals surface area contributed by atoms with Gasteiger partial charge in [0.2, 0.25) is 0 Å². The first-order valence-corrected chi connectivity index (χ1v) is 6.48. The average Bonchev–Trinajstić information content (AvgIpc) is 2.70. The fourth-order valence-electron chi connectivity index (χ4n) is 2.25. The molecule has 0 amide bonds. The number of hydrogen-bond donors (Lipinski definition) is 1. The molecular weight excluding hydrogens is 198 g/mol. The number of rotatable bonds is 7. The topological polar surface area (TPSA) is 39.2 Å². The molecule has 0 aliphatic rings. The Morgan fingerprint density at radius 3 is 2.62 bits per heavy atom. The molecule has 0 aliphatic carbocycles. The second kappa shape index (κ2) is 6.74. The Balaban J connectivity index is 2.48. The largest absolute Gasteiger partial charge is 0.469 e. The second-order valence-electron chi connectivity index (χ2n) is 4.69. The van der Waals surface area contributed by atoms with E-state index >= 15 is 0 Å². The summed E-state index contributed by atoms with van der Waals surface area (Å²) >= 11 is 0. The van der Waals surface area contributed by atoms with Crippen LogP contribution in [0, 0.1) is 12.8 Å². The lowest BCUT2D eigenvalue weighted by Crippen LogP contribution is -2.15. The summed E-state index contributed by atoms with van der Waals surface area (Å²) in [6, 6.07) is 2.15. The lowest BCUT2D eigenvalue weighted by atomic mass is 9.90. The van der Waals surface area contributed by atoms with E-state index in [0.717, 1.165) is 18.1 Å². The fourth-order valence-corrected chi connectivity index (χ4v) is 2.25. The molecule has 2 nitrogen and oxygen atoms in total. The van der Waals surface area contributed by atoms with Crippen LogP contribution in [0.2, 0.25) is 0 Å². The molecule has 1 aromatic rings. The Kier molecular flexibility index (Phi) is 5.61. The number of nitrogens with two attached hydrogens (primary N) is 1. The minimum absolute atomic E-state index is 0.139. The van der Waals surface area contributed by atoms with Crippen molar-refractivity contribution in [2.75, 3.05) is 0 Å². The van der Waals surface area contributed by atoms with Gasteiger partial charge in [-0.1, -0.05) is 39.5 Å². The number of unbranched alkanes of at least 4 members (excludes halogenated alkanes) is 1. The summed E-state index contributed by atoms with van der Waals surface area (Å²) < 4.78 is 5.30. The highest BCUT2D eigenvalue weighted by molar-refractivity contribution is 5.19. The van der Waals surface area contributed by atoms with E-state index in [2.05, 4.69) is 13.8 Å². The van der Waals surface area contributed by atoms with Crippen LogP contribution in [0.25, 0.3) is 0 Å². The van der Waals surface area contributed by atoms with E-state index < -0.39 is 0 Å². The standard InChI is InChI=1S/C14H25NO/c1-4-6-7-12(5-2)10-14(15)13-8-9-16-11(13)3/h8-9,12,14H,4-7,10,15H2,1-3H3. The highest BCUT2D eigenvalue weighted by Gasteiger charge is 2.16. The van der Waals surface area contributed by atoms with E-state index in [9.17, 15) is 0 Å². The third-order valence-electron chi connectivity index (χ3n) is 3.43. The zero-order valence-electron chi connectivity index (χ0n) is 10.8. The molecule has 2 heteroatoms. The van der Waals surface area contributed by atoms with Gasteiger partial charge in [0, 0.05) is 11.6 Å². The van der Waals surface area contributed by atoms with E-state index in [1.807, 2.05) is 13.0 Å². The third-order valence-corrected chi connectivity index (χ3v) is 3.43. The van der Waals surface area contributed by atoms with Crippen molar-refractivity contribution >= 4 is 0 Å². The van der Waals surface area contributed by atoms with Crippen molar-refractivity contribution in [1.29, 1.82) is 0 Å². The van der Waals surface area contributed by atoms with Crippen molar-refractivity contribution < 1.29 is 4.42 Å². The molecular formula is C14H25NO. The normalized spacial score (nSPS) is 15.0. The van der Waals surface area contributed by atoms with Gasteiger partial charge >= 0.3 is 0 Å². The molecule has 0 saturated heterocycles. The van der Waals surface area contributed by atoms with Gasteiger partial charge in [0.05, 0.1) is 6.26 Å². The zero-order valence-corrected chi connectivity index (χ0v) is 10.8. The van der Waals surface area contributed by atoms with Crippen LogP contribution < -0.4 is 5.73 Å². The first-order chi connectivity index (χ1) is 7.69. The number of aryl methyl sites for hydroxylation is 1. The monoisotopic (exact) mass is 223 g/mol. The Labute approximate surface area is 99.2 Å². The Bertz CT molecular complexity index is 293. The highest BCUT2D eigenvalue weighted by Crippen LogP contribution is 2.27. The smallest absolute Gasteiger partial charge is 0.105 e. The van der Waals surface area contributed by atoms with Crippen LogP contribution in [0.5, 0.6) is 0 Å². The Morgan fingerprint density at radius 1 is 1.38 bits per heavy atom.